The Bertz CT molecular complexity index is 1220. The van der Waals surface area contributed by atoms with E-state index in [-0.39, 0.29) is 0 Å². The van der Waals surface area contributed by atoms with Crippen molar-refractivity contribution in [1.29, 1.82) is 0 Å². The molecular formula is C35H42N2O2. The summed E-state index contributed by atoms with van der Waals surface area (Å²) in [5.74, 6) is 1.61. The molecule has 0 amide bonds. The molecule has 4 aromatic rings. The van der Waals surface area contributed by atoms with E-state index in [2.05, 4.69) is 81.8 Å². The highest BCUT2D eigenvalue weighted by atomic mass is 16.3. The van der Waals surface area contributed by atoms with E-state index in [0.717, 1.165) is 35.3 Å². The number of phenolic OH excluding ortho intramolecular Hbond substituents is 2. The van der Waals surface area contributed by atoms with Crippen LogP contribution in [-0.4, -0.2) is 16.2 Å². The monoisotopic (exact) mass is 522 g/mol. The van der Waals surface area contributed by atoms with Crippen molar-refractivity contribution in [3.05, 3.63) is 119 Å². The predicted octanol–water partition coefficient (Wildman–Crippen LogP) is 9.98. The second-order valence-corrected chi connectivity index (χ2v) is 9.79. The van der Waals surface area contributed by atoms with E-state index in [4.69, 9.17) is 0 Å². The van der Waals surface area contributed by atoms with Gasteiger partial charge in [0.25, 0.3) is 0 Å². The molecule has 4 nitrogen and oxygen atoms in total. The molecule has 0 fully saturated rings. The van der Waals surface area contributed by atoms with E-state index >= 15 is 0 Å². The summed E-state index contributed by atoms with van der Waals surface area (Å²) in [6, 6.07) is 33.9. The average molecular weight is 523 g/mol. The number of nitrogens with zero attached hydrogens (tertiary/aromatic N) is 2. The van der Waals surface area contributed by atoms with Crippen molar-refractivity contribution in [3.8, 4) is 11.5 Å². The van der Waals surface area contributed by atoms with Gasteiger partial charge in [0.15, 0.2) is 0 Å². The molecule has 0 aromatic heterocycles. The molecule has 0 saturated carbocycles. The third kappa shape index (κ3) is 11.0. The van der Waals surface area contributed by atoms with Crippen molar-refractivity contribution in [1.82, 2.24) is 0 Å². The van der Waals surface area contributed by atoms with Gasteiger partial charge in [-0.15, -0.1) is 0 Å². The maximum Gasteiger partial charge on any atom is 0.119 e. The van der Waals surface area contributed by atoms with Crippen molar-refractivity contribution < 1.29 is 10.2 Å². The number of rotatable bonds is 6. The fourth-order valence-corrected chi connectivity index (χ4v) is 3.70. The molecule has 0 spiro atoms. The fourth-order valence-electron chi connectivity index (χ4n) is 3.70. The predicted molar refractivity (Wildman–Crippen MR) is 165 cm³/mol. The summed E-state index contributed by atoms with van der Waals surface area (Å²) in [5.41, 5.74) is 6.42. The summed E-state index contributed by atoms with van der Waals surface area (Å²) in [7, 11) is 0. The number of para-hydroxylation sites is 2. The lowest BCUT2D eigenvalue weighted by molar-refractivity contribution is 0.464. The molecule has 4 aromatic carbocycles. The number of benzene rings is 4. The van der Waals surface area contributed by atoms with Crippen LogP contribution in [-0.2, 0) is 12.8 Å². The van der Waals surface area contributed by atoms with Crippen LogP contribution in [0.2, 0.25) is 0 Å². The number of aryl methyl sites for hydroxylation is 2. The number of hydrogen-bond acceptors (Lipinski definition) is 4. The summed E-state index contributed by atoms with van der Waals surface area (Å²) in [6.45, 7) is 12.5. The Balaban J connectivity index is 0.000000225. The number of phenols is 2. The molecule has 0 aliphatic rings. The maximum atomic E-state index is 9.28. The van der Waals surface area contributed by atoms with Crippen molar-refractivity contribution in [3.63, 3.8) is 0 Å². The lowest BCUT2D eigenvalue weighted by Crippen LogP contribution is -1.85. The van der Waals surface area contributed by atoms with Gasteiger partial charge >= 0.3 is 0 Å². The minimum Gasteiger partial charge on any atom is -0.508 e. The molecule has 0 aliphatic heterocycles. The topological polar surface area (TPSA) is 65.2 Å². The summed E-state index contributed by atoms with van der Waals surface area (Å²) in [5, 5.41) is 18.6. The Morgan fingerprint density at radius 1 is 0.538 bits per heavy atom. The third-order valence-corrected chi connectivity index (χ3v) is 6.16. The summed E-state index contributed by atoms with van der Waals surface area (Å²) in [4.78, 5) is 8.41. The van der Waals surface area contributed by atoms with Crippen LogP contribution in [0.3, 0.4) is 0 Å². The molecule has 4 rings (SSSR count). The number of aromatic hydroxyl groups is 2. The van der Waals surface area contributed by atoms with Crippen LogP contribution in [0.15, 0.2) is 107 Å². The first kappa shape index (κ1) is 31.1. The van der Waals surface area contributed by atoms with Crippen LogP contribution in [0.4, 0.5) is 11.4 Å². The zero-order chi connectivity index (χ0) is 28.6. The van der Waals surface area contributed by atoms with Gasteiger partial charge in [0.05, 0.1) is 11.4 Å². The number of hydrogen-bond donors (Lipinski definition) is 2. The largest absolute Gasteiger partial charge is 0.508 e. The number of aliphatic imine (C=N–C) groups is 2. The highest BCUT2D eigenvalue weighted by Gasteiger charge is 2.03. The van der Waals surface area contributed by atoms with Crippen LogP contribution in [0.5, 0.6) is 11.5 Å². The Labute approximate surface area is 234 Å². The van der Waals surface area contributed by atoms with Gasteiger partial charge in [-0.25, -0.2) is 0 Å². The van der Waals surface area contributed by atoms with E-state index in [0.29, 0.717) is 23.3 Å². The second kappa shape index (κ2) is 16.7. The quantitative estimate of drug-likeness (QED) is 0.247. The zero-order valence-corrected chi connectivity index (χ0v) is 24.1. The van der Waals surface area contributed by atoms with E-state index in [1.54, 1.807) is 12.1 Å². The Morgan fingerprint density at radius 2 is 0.872 bits per heavy atom. The van der Waals surface area contributed by atoms with Gasteiger partial charge in [-0.2, -0.15) is 9.98 Å². The fraction of sp³-hybridized carbons (Fsp3) is 0.286. The molecule has 0 radical (unpaired) electrons. The molecule has 0 atom stereocenters. The first-order valence-corrected chi connectivity index (χ1v) is 13.6. The molecule has 0 unspecified atom stereocenters. The maximum absolute atomic E-state index is 9.28. The summed E-state index contributed by atoms with van der Waals surface area (Å²) < 4.78 is 0. The lowest BCUT2D eigenvalue weighted by atomic mass is 10.0. The third-order valence-electron chi connectivity index (χ3n) is 6.16. The summed E-state index contributed by atoms with van der Waals surface area (Å²) >= 11 is 0. The molecule has 0 bridgehead atoms. The van der Waals surface area contributed by atoms with Crippen molar-refractivity contribution in [2.45, 2.75) is 66.2 Å². The minimum absolute atomic E-state index is 0.400. The van der Waals surface area contributed by atoms with Gasteiger partial charge in [0.2, 0.25) is 0 Å². The van der Waals surface area contributed by atoms with Gasteiger partial charge in [0, 0.05) is 0 Å². The van der Waals surface area contributed by atoms with Crippen LogP contribution in [0.1, 0.15) is 75.6 Å². The second-order valence-electron chi connectivity index (χ2n) is 9.79. The van der Waals surface area contributed by atoms with Gasteiger partial charge in [-0.3, -0.25) is 0 Å². The van der Waals surface area contributed by atoms with Crippen molar-refractivity contribution >= 4 is 17.4 Å². The minimum atomic E-state index is 0.400. The molecule has 4 heteroatoms. The van der Waals surface area contributed by atoms with Crippen LogP contribution < -0.4 is 0 Å². The molecule has 0 saturated heterocycles. The van der Waals surface area contributed by atoms with Crippen molar-refractivity contribution in [2.75, 3.05) is 0 Å². The van der Waals surface area contributed by atoms with E-state index in [1.807, 2.05) is 60.7 Å². The van der Waals surface area contributed by atoms with E-state index in [1.165, 1.54) is 11.1 Å². The van der Waals surface area contributed by atoms with Gasteiger partial charge in [-0.1, -0.05) is 102 Å². The Hall–Kier alpha value is -4.14. The Kier molecular flexibility index (Phi) is 13.3. The van der Waals surface area contributed by atoms with Crippen LogP contribution >= 0.6 is 0 Å². The van der Waals surface area contributed by atoms with E-state index in [9.17, 15) is 10.2 Å². The molecule has 204 valence electrons. The first-order valence-electron chi connectivity index (χ1n) is 13.6. The average Bonchev–Trinajstić information content (AvgIpc) is 2.95. The first-order chi connectivity index (χ1) is 18.7. The van der Waals surface area contributed by atoms with Crippen LogP contribution in [0, 0.1) is 0 Å². The molecule has 39 heavy (non-hydrogen) atoms. The highest BCUT2D eigenvalue weighted by molar-refractivity contribution is 5.58. The normalized spacial score (nSPS) is 10.1. The van der Waals surface area contributed by atoms with Gasteiger partial charge < -0.3 is 10.2 Å². The lowest BCUT2D eigenvalue weighted by Gasteiger charge is -2.05. The molecule has 0 aliphatic carbocycles. The Morgan fingerprint density at radius 3 is 1.13 bits per heavy atom. The van der Waals surface area contributed by atoms with Gasteiger partial charge in [0.1, 0.15) is 17.5 Å². The van der Waals surface area contributed by atoms with Gasteiger partial charge in [-0.05, 0) is 83.3 Å². The zero-order valence-electron chi connectivity index (χ0n) is 24.1. The highest BCUT2D eigenvalue weighted by Crippen LogP contribution is 2.24. The summed E-state index contributed by atoms with van der Waals surface area (Å²) in [6.07, 6.45) is 2.09. The van der Waals surface area contributed by atoms with Crippen LogP contribution in [0.25, 0.3) is 0 Å². The van der Waals surface area contributed by atoms with Crippen molar-refractivity contribution in [2.24, 2.45) is 9.98 Å². The SMILES string of the molecule is CC(C)c1ccccc1O.CC(C)c1ccccc1O.CCc1ccc(N=C=Nc2ccc(CC)cc2)cc1. The smallest absolute Gasteiger partial charge is 0.119 e. The molecular weight excluding hydrogens is 480 g/mol. The molecule has 2 N–H and O–H groups in total. The van der Waals surface area contributed by atoms with E-state index < -0.39 is 0 Å². The standard InChI is InChI=1S/C17H18N2.2C9H12O/c1-3-14-5-9-16(10-6-14)18-13-19-17-11-7-15(4-2)8-12-17;2*1-7(2)8-5-3-4-6-9(8)10/h5-12H,3-4H2,1-2H3;2*3-7,10H,1-2H3. The molecule has 0 heterocycles.